The highest BCUT2D eigenvalue weighted by Gasteiger charge is 2.45. The Kier molecular flexibility index (Phi) is 3.30. The van der Waals surface area contributed by atoms with Gasteiger partial charge in [-0.1, -0.05) is 36.2 Å². The van der Waals surface area contributed by atoms with Gasteiger partial charge < -0.3 is 5.32 Å². The van der Waals surface area contributed by atoms with Crippen LogP contribution in [0, 0.1) is 6.92 Å². The van der Waals surface area contributed by atoms with Crippen LogP contribution in [0.3, 0.4) is 0 Å². The van der Waals surface area contributed by atoms with Gasteiger partial charge in [-0.3, -0.25) is 9.89 Å². The third kappa shape index (κ3) is 2.22. The molecule has 1 heterocycles. The molecule has 1 saturated carbocycles. The molecule has 0 atom stereocenters. The average molecular weight is 269 g/mol. The first-order chi connectivity index (χ1) is 9.71. The van der Waals surface area contributed by atoms with Gasteiger partial charge in [0.15, 0.2) is 0 Å². The number of nitrogens with zero attached hydrogens (tertiary/aromatic N) is 1. The predicted molar refractivity (Wildman–Crippen MR) is 77.1 cm³/mol. The summed E-state index contributed by atoms with van der Waals surface area (Å²) in [6.07, 6.45) is 6.54. The van der Waals surface area contributed by atoms with E-state index in [2.05, 4.69) is 40.6 Å². The van der Waals surface area contributed by atoms with Gasteiger partial charge in [0.1, 0.15) is 0 Å². The summed E-state index contributed by atoms with van der Waals surface area (Å²) in [4.78, 5) is 12.6. The van der Waals surface area contributed by atoms with Gasteiger partial charge in [0.25, 0.3) is 0 Å². The van der Waals surface area contributed by atoms with Crippen LogP contribution in [0.4, 0.5) is 0 Å². The number of benzene rings is 1. The maximum Gasteiger partial charge on any atom is 0.230 e. The number of carbonyl (C=O) groups is 1. The van der Waals surface area contributed by atoms with Crippen molar-refractivity contribution in [3.8, 4) is 0 Å². The molecule has 4 nitrogen and oxygen atoms in total. The van der Waals surface area contributed by atoms with Crippen molar-refractivity contribution in [2.45, 2.75) is 38.1 Å². The average Bonchev–Trinajstić information content (AvgIpc) is 2.88. The molecule has 1 aromatic carbocycles. The molecular formula is C16H19N3O. The van der Waals surface area contributed by atoms with E-state index in [0.717, 1.165) is 30.4 Å². The third-order valence-corrected chi connectivity index (χ3v) is 4.22. The van der Waals surface area contributed by atoms with E-state index < -0.39 is 0 Å². The number of hydrogen-bond donors (Lipinski definition) is 2. The van der Waals surface area contributed by atoms with Gasteiger partial charge in [-0.15, -0.1) is 0 Å². The first kappa shape index (κ1) is 12.9. The Labute approximate surface area is 118 Å². The summed E-state index contributed by atoms with van der Waals surface area (Å²) in [6, 6.07) is 8.31. The first-order valence-electron chi connectivity index (χ1n) is 7.04. The molecule has 0 unspecified atom stereocenters. The quantitative estimate of drug-likeness (QED) is 0.895. The smallest absolute Gasteiger partial charge is 0.230 e. The number of aryl methyl sites for hydroxylation is 1. The molecule has 4 heteroatoms. The van der Waals surface area contributed by atoms with E-state index in [9.17, 15) is 4.79 Å². The summed E-state index contributed by atoms with van der Waals surface area (Å²) in [5.41, 5.74) is 3.03. The van der Waals surface area contributed by atoms with Crippen LogP contribution >= 0.6 is 0 Å². The molecular weight excluding hydrogens is 250 g/mol. The van der Waals surface area contributed by atoms with E-state index in [1.807, 2.05) is 6.07 Å². The van der Waals surface area contributed by atoms with Gasteiger partial charge in [0.05, 0.1) is 11.6 Å². The first-order valence-corrected chi connectivity index (χ1v) is 7.04. The highest BCUT2D eigenvalue weighted by atomic mass is 16.2. The Morgan fingerprint density at radius 1 is 1.45 bits per heavy atom. The number of aromatic nitrogens is 2. The maximum absolute atomic E-state index is 12.6. The number of hydrogen-bond acceptors (Lipinski definition) is 2. The molecule has 2 aromatic rings. The minimum absolute atomic E-state index is 0.135. The minimum atomic E-state index is -0.324. The van der Waals surface area contributed by atoms with Gasteiger partial charge >= 0.3 is 0 Å². The Morgan fingerprint density at radius 3 is 2.90 bits per heavy atom. The Hall–Kier alpha value is -2.10. The van der Waals surface area contributed by atoms with Crippen molar-refractivity contribution in [3.63, 3.8) is 0 Å². The molecule has 104 valence electrons. The summed E-state index contributed by atoms with van der Waals surface area (Å²) in [7, 11) is 0. The van der Waals surface area contributed by atoms with Crippen molar-refractivity contribution in [2.24, 2.45) is 0 Å². The van der Waals surface area contributed by atoms with Crippen LogP contribution in [0.15, 0.2) is 36.7 Å². The molecule has 1 aliphatic rings. The molecule has 2 N–H and O–H groups in total. The second-order valence-corrected chi connectivity index (χ2v) is 5.59. The van der Waals surface area contributed by atoms with E-state index in [1.54, 1.807) is 12.4 Å². The third-order valence-electron chi connectivity index (χ3n) is 4.22. The molecule has 20 heavy (non-hydrogen) atoms. The molecule has 1 fully saturated rings. The Balaban J connectivity index is 1.76. The van der Waals surface area contributed by atoms with Crippen molar-refractivity contribution in [1.82, 2.24) is 15.5 Å². The zero-order valence-corrected chi connectivity index (χ0v) is 11.6. The molecule has 0 bridgehead atoms. The molecule has 0 saturated heterocycles. The van der Waals surface area contributed by atoms with Crippen molar-refractivity contribution in [2.75, 3.05) is 0 Å². The minimum Gasteiger partial charge on any atom is -0.351 e. The van der Waals surface area contributed by atoms with Crippen molar-refractivity contribution in [1.29, 1.82) is 0 Å². The van der Waals surface area contributed by atoms with Crippen LogP contribution in [0.5, 0.6) is 0 Å². The number of amides is 1. The molecule has 3 rings (SSSR count). The highest BCUT2D eigenvalue weighted by Crippen LogP contribution is 2.44. The second-order valence-electron chi connectivity index (χ2n) is 5.59. The molecule has 0 aliphatic heterocycles. The lowest BCUT2D eigenvalue weighted by atomic mass is 9.63. The van der Waals surface area contributed by atoms with Crippen molar-refractivity contribution in [3.05, 3.63) is 53.3 Å². The fourth-order valence-electron chi connectivity index (χ4n) is 2.85. The number of rotatable bonds is 4. The highest BCUT2D eigenvalue weighted by molar-refractivity contribution is 5.89. The molecule has 1 aromatic heterocycles. The molecule has 1 aliphatic carbocycles. The van der Waals surface area contributed by atoms with E-state index >= 15 is 0 Å². The summed E-state index contributed by atoms with van der Waals surface area (Å²) in [5, 5.41) is 9.69. The lowest BCUT2D eigenvalue weighted by Crippen LogP contribution is -2.49. The Morgan fingerprint density at radius 2 is 2.30 bits per heavy atom. The molecule has 0 radical (unpaired) electrons. The van der Waals surface area contributed by atoms with E-state index in [0.29, 0.717) is 6.54 Å². The molecule has 1 amide bonds. The Bertz CT molecular complexity index is 600. The van der Waals surface area contributed by atoms with Gasteiger partial charge in [-0.25, -0.2) is 0 Å². The fourth-order valence-corrected chi connectivity index (χ4v) is 2.85. The van der Waals surface area contributed by atoms with Crippen LogP contribution in [-0.2, 0) is 16.8 Å². The summed E-state index contributed by atoms with van der Waals surface area (Å²) >= 11 is 0. The standard InChI is InChI=1S/C16H19N3O/c1-12-4-2-5-14(8-12)16(6-3-7-16)15(20)17-9-13-10-18-19-11-13/h2,4-5,8,10-11H,3,6-7,9H2,1H3,(H,17,20)(H,18,19). The van der Waals surface area contributed by atoms with E-state index in [4.69, 9.17) is 0 Å². The number of nitrogens with one attached hydrogen (secondary N) is 2. The summed E-state index contributed by atoms with van der Waals surface area (Å²) in [5.74, 6) is 0.135. The molecule has 0 spiro atoms. The predicted octanol–water partition coefficient (Wildman–Crippen LogP) is 2.46. The zero-order chi connectivity index (χ0) is 14.0. The SMILES string of the molecule is Cc1cccc(C2(C(=O)NCc3cn[nH]c3)CCC2)c1. The summed E-state index contributed by atoms with van der Waals surface area (Å²) in [6.45, 7) is 2.60. The largest absolute Gasteiger partial charge is 0.351 e. The lowest BCUT2D eigenvalue weighted by molar-refractivity contribution is -0.130. The summed E-state index contributed by atoms with van der Waals surface area (Å²) < 4.78 is 0. The van der Waals surface area contributed by atoms with Gasteiger partial charge in [-0.2, -0.15) is 5.10 Å². The van der Waals surface area contributed by atoms with E-state index in [-0.39, 0.29) is 11.3 Å². The van der Waals surface area contributed by atoms with Gasteiger partial charge in [0.2, 0.25) is 5.91 Å². The number of H-pyrrole nitrogens is 1. The monoisotopic (exact) mass is 269 g/mol. The lowest BCUT2D eigenvalue weighted by Gasteiger charge is -2.40. The van der Waals surface area contributed by atoms with Crippen LogP contribution in [0.25, 0.3) is 0 Å². The van der Waals surface area contributed by atoms with Crippen LogP contribution in [0.2, 0.25) is 0 Å². The van der Waals surface area contributed by atoms with Crippen LogP contribution in [0.1, 0.15) is 36.0 Å². The van der Waals surface area contributed by atoms with Crippen LogP contribution in [-0.4, -0.2) is 16.1 Å². The number of carbonyl (C=O) groups excluding carboxylic acids is 1. The normalized spacial score (nSPS) is 16.4. The topological polar surface area (TPSA) is 57.8 Å². The fraction of sp³-hybridized carbons (Fsp3) is 0.375. The van der Waals surface area contributed by atoms with Gasteiger partial charge in [-0.05, 0) is 25.3 Å². The van der Waals surface area contributed by atoms with Crippen LogP contribution < -0.4 is 5.32 Å². The zero-order valence-electron chi connectivity index (χ0n) is 11.6. The van der Waals surface area contributed by atoms with E-state index in [1.165, 1.54) is 5.56 Å². The maximum atomic E-state index is 12.6. The van der Waals surface area contributed by atoms with Crippen molar-refractivity contribution < 1.29 is 4.79 Å². The van der Waals surface area contributed by atoms with Gasteiger partial charge in [0, 0.05) is 18.3 Å². The van der Waals surface area contributed by atoms with Crippen molar-refractivity contribution >= 4 is 5.91 Å². The number of aromatic amines is 1. The second kappa shape index (κ2) is 5.12.